The number of rotatable bonds is 7. The predicted octanol–water partition coefficient (Wildman–Crippen LogP) is 0.0555. The van der Waals surface area contributed by atoms with Crippen molar-refractivity contribution >= 4 is 10.0 Å². The fraction of sp³-hybridized carbons (Fsp3) is 0.385. The maximum absolute atomic E-state index is 12.2. The first kappa shape index (κ1) is 15.6. The minimum Gasteiger partial charge on any atom is -0.316 e. The molecule has 0 bridgehead atoms. The summed E-state index contributed by atoms with van der Waals surface area (Å²) in [6.07, 6.45) is 2.04. The van der Waals surface area contributed by atoms with Crippen molar-refractivity contribution in [3.05, 3.63) is 42.0 Å². The van der Waals surface area contributed by atoms with Crippen molar-refractivity contribution < 1.29 is 8.42 Å². The van der Waals surface area contributed by atoms with Gasteiger partial charge in [0.1, 0.15) is 6.33 Å². The number of benzene rings is 1. The van der Waals surface area contributed by atoms with Crippen LogP contribution in [0.15, 0.2) is 35.5 Å². The summed E-state index contributed by atoms with van der Waals surface area (Å²) in [7, 11) is 0.0859. The molecular formula is C13H19N5O2S. The number of hydrogen-bond acceptors (Lipinski definition) is 5. The highest BCUT2D eigenvalue weighted by Gasteiger charge is 2.14. The standard InChI is InChI=1S/C13H19N5O2S/c1-14-9-11-4-3-5-12(8-11)21(19,20)16-7-6-13-15-10-18(2)17-13/h3-5,8,10,14,16H,6-7,9H2,1-2H3. The molecule has 1 aromatic heterocycles. The normalized spacial score (nSPS) is 11.7. The number of nitrogens with one attached hydrogen (secondary N) is 2. The summed E-state index contributed by atoms with van der Waals surface area (Å²) in [6.45, 7) is 0.893. The largest absolute Gasteiger partial charge is 0.316 e. The van der Waals surface area contributed by atoms with Crippen LogP contribution >= 0.6 is 0 Å². The van der Waals surface area contributed by atoms with Crippen molar-refractivity contribution in [2.75, 3.05) is 13.6 Å². The Morgan fingerprint density at radius 2 is 2.14 bits per heavy atom. The van der Waals surface area contributed by atoms with Gasteiger partial charge in [-0.1, -0.05) is 12.1 Å². The maximum atomic E-state index is 12.2. The van der Waals surface area contributed by atoms with Crippen LogP contribution in [0.5, 0.6) is 0 Å². The summed E-state index contributed by atoms with van der Waals surface area (Å²) in [6, 6.07) is 6.87. The third kappa shape index (κ3) is 4.35. The van der Waals surface area contributed by atoms with Gasteiger partial charge in [-0.05, 0) is 24.7 Å². The molecule has 7 nitrogen and oxygen atoms in total. The average molecular weight is 309 g/mol. The van der Waals surface area contributed by atoms with Crippen molar-refractivity contribution in [2.45, 2.75) is 17.9 Å². The van der Waals surface area contributed by atoms with Crippen molar-refractivity contribution in [1.29, 1.82) is 0 Å². The van der Waals surface area contributed by atoms with E-state index in [1.165, 1.54) is 0 Å². The number of aromatic nitrogens is 3. The topological polar surface area (TPSA) is 88.9 Å². The SMILES string of the molecule is CNCc1cccc(S(=O)(=O)NCCc2ncn(C)n2)c1. The Morgan fingerprint density at radius 1 is 1.33 bits per heavy atom. The Morgan fingerprint density at radius 3 is 2.81 bits per heavy atom. The van der Waals surface area contributed by atoms with Crippen LogP contribution in [0.25, 0.3) is 0 Å². The van der Waals surface area contributed by atoms with Crippen LogP contribution in [0.3, 0.4) is 0 Å². The smallest absolute Gasteiger partial charge is 0.240 e. The van der Waals surface area contributed by atoms with E-state index in [1.54, 1.807) is 36.3 Å². The summed E-state index contributed by atoms with van der Waals surface area (Å²) < 4.78 is 28.6. The fourth-order valence-electron chi connectivity index (χ4n) is 1.91. The quantitative estimate of drug-likeness (QED) is 0.755. The molecule has 8 heteroatoms. The van der Waals surface area contributed by atoms with Crippen LogP contribution in [0.2, 0.25) is 0 Å². The van der Waals surface area contributed by atoms with E-state index in [1.807, 2.05) is 13.1 Å². The van der Waals surface area contributed by atoms with Gasteiger partial charge in [0.2, 0.25) is 10.0 Å². The van der Waals surface area contributed by atoms with Gasteiger partial charge in [0.25, 0.3) is 0 Å². The van der Waals surface area contributed by atoms with Crippen molar-refractivity contribution in [3.63, 3.8) is 0 Å². The summed E-state index contributed by atoms with van der Waals surface area (Å²) in [4.78, 5) is 4.32. The zero-order chi connectivity index (χ0) is 15.3. The third-order valence-corrected chi connectivity index (χ3v) is 4.34. The van der Waals surface area contributed by atoms with Crippen molar-refractivity contribution in [2.24, 2.45) is 7.05 Å². The van der Waals surface area contributed by atoms with Gasteiger partial charge in [-0.15, -0.1) is 0 Å². The summed E-state index contributed by atoms with van der Waals surface area (Å²) in [5.41, 5.74) is 0.923. The van der Waals surface area contributed by atoms with Gasteiger partial charge in [0, 0.05) is 26.6 Å². The molecule has 1 heterocycles. The van der Waals surface area contributed by atoms with Gasteiger partial charge in [-0.2, -0.15) is 5.10 Å². The fourth-order valence-corrected chi connectivity index (χ4v) is 3.01. The molecule has 0 amide bonds. The molecule has 0 aliphatic rings. The summed E-state index contributed by atoms with van der Waals surface area (Å²) in [5, 5.41) is 7.10. The Kier molecular flexibility index (Phi) is 5.05. The lowest BCUT2D eigenvalue weighted by Gasteiger charge is -2.07. The molecule has 0 saturated heterocycles. The van der Waals surface area contributed by atoms with Gasteiger partial charge in [0.15, 0.2) is 5.82 Å². The molecule has 2 aromatic rings. The minimum atomic E-state index is -3.50. The lowest BCUT2D eigenvalue weighted by molar-refractivity contribution is 0.580. The van der Waals surface area contributed by atoms with E-state index in [9.17, 15) is 8.42 Å². The summed E-state index contributed by atoms with van der Waals surface area (Å²) >= 11 is 0. The van der Waals surface area contributed by atoms with E-state index in [4.69, 9.17) is 0 Å². The third-order valence-electron chi connectivity index (χ3n) is 2.88. The first-order chi connectivity index (χ1) is 10.0. The van der Waals surface area contributed by atoms with Crippen molar-refractivity contribution in [3.8, 4) is 0 Å². The lowest BCUT2D eigenvalue weighted by atomic mass is 10.2. The van der Waals surface area contributed by atoms with Gasteiger partial charge in [0.05, 0.1) is 4.90 Å². The molecule has 1 aromatic carbocycles. The van der Waals surface area contributed by atoms with Crippen LogP contribution in [0.1, 0.15) is 11.4 Å². The summed E-state index contributed by atoms with van der Waals surface area (Å²) in [5.74, 6) is 0.615. The van der Waals surface area contributed by atoms with Gasteiger partial charge in [-0.3, -0.25) is 4.68 Å². The van der Waals surface area contributed by atoms with Gasteiger partial charge < -0.3 is 5.32 Å². The molecule has 0 saturated carbocycles. The zero-order valence-corrected chi connectivity index (χ0v) is 12.9. The molecule has 0 atom stereocenters. The van der Waals surface area contributed by atoms with Crippen LogP contribution in [-0.2, 0) is 30.0 Å². The number of aryl methyl sites for hydroxylation is 1. The molecule has 2 rings (SSSR count). The molecule has 0 unspecified atom stereocenters. The highest BCUT2D eigenvalue weighted by atomic mass is 32.2. The van der Waals surface area contributed by atoms with E-state index < -0.39 is 10.0 Å². The van der Waals surface area contributed by atoms with Crippen molar-refractivity contribution in [1.82, 2.24) is 24.8 Å². The Labute approximate surface area is 124 Å². The minimum absolute atomic E-state index is 0.266. The van der Waals surface area contributed by atoms with Gasteiger partial charge >= 0.3 is 0 Å². The average Bonchev–Trinajstić information content (AvgIpc) is 2.85. The van der Waals surface area contributed by atoms with E-state index in [-0.39, 0.29) is 11.4 Å². The Hall–Kier alpha value is -1.77. The monoisotopic (exact) mass is 309 g/mol. The van der Waals surface area contributed by atoms with Crippen LogP contribution in [-0.4, -0.2) is 36.8 Å². The molecule has 0 aliphatic heterocycles. The molecular weight excluding hydrogens is 290 g/mol. The van der Waals surface area contributed by atoms with Gasteiger partial charge in [-0.25, -0.2) is 18.1 Å². The highest BCUT2D eigenvalue weighted by molar-refractivity contribution is 7.89. The first-order valence-electron chi connectivity index (χ1n) is 6.59. The second-order valence-corrected chi connectivity index (χ2v) is 6.43. The van der Waals surface area contributed by atoms with E-state index in [0.717, 1.165) is 5.56 Å². The molecule has 114 valence electrons. The first-order valence-corrected chi connectivity index (χ1v) is 8.07. The van der Waals surface area contributed by atoms with Crippen LogP contribution in [0.4, 0.5) is 0 Å². The second kappa shape index (κ2) is 6.79. The van der Waals surface area contributed by atoms with Crippen LogP contribution in [0, 0.1) is 0 Å². The molecule has 21 heavy (non-hydrogen) atoms. The number of hydrogen-bond donors (Lipinski definition) is 2. The molecule has 2 N–H and O–H groups in total. The molecule has 0 fully saturated rings. The number of nitrogens with zero attached hydrogens (tertiary/aromatic N) is 3. The zero-order valence-electron chi connectivity index (χ0n) is 12.1. The lowest BCUT2D eigenvalue weighted by Crippen LogP contribution is -2.26. The maximum Gasteiger partial charge on any atom is 0.240 e. The van der Waals surface area contributed by atoms with E-state index >= 15 is 0 Å². The van der Waals surface area contributed by atoms with E-state index in [2.05, 4.69) is 20.1 Å². The predicted molar refractivity (Wildman–Crippen MR) is 79.1 cm³/mol. The Balaban J connectivity index is 1.99. The number of sulfonamides is 1. The van der Waals surface area contributed by atoms with Crippen LogP contribution < -0.4 is 10.0 Å². The van der Waals surface area contributed by atoms with E-state index in [0.29, 0.717) is 18.8 Å². The second-order valence-electron chi connectivity index (χ2n) is 4.66. The molecule has 0 spiro atoms. The highest BCUT2D eigenvalue weighted by Crippen LogP contribution is 2.11. The Bertz CT molecular complexity index is 696. The molecule has 0 radical (unpaired) electrons. The molecule has 0 aliphatic carbocycles.